The Bertz CT molecular complexity index is 505. The third-order valence-corrected chi connectivity index (χ3v) is 4.24. The standard InChI is InChI=1S/C16H23N3/c1-19(2)8-7-12-9-13(10-12)11-16-17-14-5-3-4-6-15(14)18-16/h3-6,12-13H,7-11H2,1-2H3,(H,17,18). The highest BCUT2D eigenvalue weighted by atomic mass is 15.0. The Hall–Kier alpha value is -1.35. The Morgan fingerprint density at radius 3 is 2.74 bits per heavy atom. The first-order chi connectivity index (χ1) is 9.20. The van der Waals surface area contributed by atoms with E-state index in [4.69, 9.17) is 0 Å². The zero-order valence-electron chi connectivity index (χ0n) is 11.9. The summed E-state index contributed by atoms with van der Waals surface area (Å²) in [4.78, 5) is 10.4. The minimum atomic E-state index is 0.840. The first-order valence-electron chi connectivity index (χ1n) is 7.29. The van der Waals surface area contributed by atoms with Gasteiger partial charge in [-0.3, -0.25) is 0 Å². The molecule has 1 heterocycles. The molecule has 0 aliphatic heterocycles. The molecule has 0 saturated heterocycles. The summed E-state index contributed by atoms with van der Waals surface area (Å²) in [5.74, 6) is 2.95. The molecule has 1 aromatic carbocycles. The number of nitrogens with zero attached hydrogens (tertiary/aromatic N) is 2. The monoisotopic (exact) mass is 257 g/mol. The number of aromatic nitrogens is 2. The number of benzene rings is 1. The molecule has 0 bridgehead atoms. The molecule has 102 valence electrons. The van der Waals surface area contributed by atoms with Crippen molar-refractivity contribution in [3.8, 4) is 0 Å². The Balaban J connectivity index is 1.51. The third-order valence-electron chi connectivity index (χ3n) is 4.24. The molecule has 0 amide bonds. The number of hydrogen-bond donors (Lipinski definition) is 1. The van der Waals surface area contributed by atoms with Crippen LogP contribution < -0.4 is 0 Å². The lowest BCUT2D eigenvalue weighted by molar-refractivity contribution is 0.165. The number of fused-ring (bicyclic) bond motifs is 1. The van der Waals surface area contributed by atoms with E-state index >= 15 is 0 Å². The minimum Gasteiger partial charge on any atom is -0.342 e. The topological polar surface area (TPSA) is 31.9 Å². The second-order valence-electron chi connectivity index (χ2n) is 6.20. The van der Waals surface area contributed by atoms with Crippen LogP contribution in [0.4, 0.5) is 0 Å². The van der Waals surface area contributed by atoms with E-state index in [2.05, 4.69) is 47.2 Å². The number of H-pyrrole nitrogens is 1. The SMILES string of the molecule is CN(C)CCC1CC(Cc2nc3ccccc3[nH]2)C1. The summed E-state index contributed by atoms with van der Waals surface area (Å²) in [7, 11) is 4.31. The quantitative estimate of drug-likeness (QED) is 0.892. The smallest absolute Gasteiger partial charge is 0.107 e. The van der Waals surface area contributed by atoms with E-state index in [-0.39, 0.29) is 0 Å². The fourth-order valence-electron chi connectivity index (χ4n) is 3.09. The summed E-state index contributed by atoms with van der Waals surface area (Å²) < 4.78 is 0. The van der Waals surface area contributed by atoms with Gasteiger partial charge < -0.3 is 9.88 Å². The van der Waals surface area contributed by atoms with Crippen molar-refractivity contribution >= 4 is 11.0 Å². The maximum Gasteiger partial charge on any atom is 0.107 e. The van der Waals surface area contributed by atoms with Crippen molar-refractivity contribution < 1.29 is 0 Å². The van der Waals surface area contributed by atoms with Crippen LogP contribution in [0.25, 0.3) is 11.0 Å². The van der Waals surface area contributed by atoms with E-state index in [0.717, 1.165) is 29.6 Å². The summed E-state index contributed by atoms with van der Waals surface area (Å²) >= 11 is 0. The van der Waals surface area contributed by atoms with Gasteiger partial charge in [-0.15, -0.1) is 0 Å². The van der Waals surface area contributed by atoms with E-state index < -0.39 is 0 Å². The molecule has 1 aliphatic carbocycles. The molecule has 0 unspecified atom stereocenters. The predicted octanol–water partition coefficient (Wildman–Crippen LogP) is 3.08. The van der Waals surface area contributed by atoms with Gasteiger partial charge in [0.1, 0.15) is 5.82 Å². The highest BCUT2D eigenvalue weighted by Gasteiger charge is 2.29. The van der Waals surface area contributed by atoms with Crippen LogP contribution in [-0.2, 0) is 6.42 Å². The molecule has 1 saturated carbocycles. The van der Waals surface area contributed by atoms with Crippen molar-refractivity contribution in [1.82, 2.24) is 14.9 Å². The lowest BCUT2D eigenvalue weighted by Gasteiger charge is -2.35. The summed E-state index contributed by atoms with van der Waals surface area (Å²) in [5.41, 5.74) is 2.27. The molecule has 0 radical (unpaired) electrons. The Kier molecular flexibility index (Phi) is 3.56. The second-order valence-corrected chi connectivity index (χ2v) is 6.20. The summed E-state index contributed by atoms with van der Waals surface area (Å²) in [5, 5.41) is 0. The van der Waals surface area contributed by atoms with Crippen molar-refractivity contribution in [1.29, 1.82) is 0 Å². The molecular formula is C16H23N3. The number of aromatic amines is 1. The van der Waals surface area contributed by atoms with E-state index in [1.165, 1.54) is 31.3 Å². The number of imidazole rings is 1. The van der Waals surface area contributed by atoms with Gasteiger partial charge in [0.05, 0.1) is 11.0 Å². The Morgan fingerprint density at radius 2 is 2.00 bits per heavy atom. The zero-order chi connectivity index (χ0) is 13.2. The molecule has 0 atom stereocenters. The van der Waals surface area contributed by atoms with Crippen LogP contribution in [0.15, 0.2) is 24.3 Å². The molecule has 1 N–H and O–H groups in total. The van der Waals surface area contributed by atoms with Crippen LogP contribution in [0.3, 0.4) is 0 Å². The lowest BCUT2D eigenvalue weighted by atomic mass is 9.71. The number of hydrogen-bond acceptors (Lipinski definition) is 2. The molecule has 3 rings (SSSR count). The van der Waals surface area contributed by atoms with Gasteiger partial charge in [-0.05, 0) is 63.9 Å². The van der Waals surface area contributed by atoms with Crippen molar-refractivity contribution in [2.75, 3.05) is 20.6 Å². The van der Waals surface area contributed by atoms with E-state index in [9.17, 15) is 0 Å². The van der Waals surface area contributed by atoms with Gasteiger partial charge in [-0.25, -0.2) is 4.98 Å². The van der Waals surface area contributed by atoms with Gasteiger partial charge in [0.15, 0.2) is 0 Å². The maximum absolute atomic E-state index is 4.67. The van der Waals surface area contributed by atoms with Crippen LogP contribution in [0, 0.1) is 11.8 Å². The van der Waals surface area contributed by atoms with Crippen molar-refractivity contribution in [2.24, 2.45) is 11.8 Å². The fourth-order valence-corrected chi connectivity index (χ4v) is 3.09. The molecule has 2 aromatic rings. The first-order valence-corrected chi connectivity index (χ1v) is 7.29. The molecule has 3 heteroatoms. The maximum atomic E-state index is 4.67. The predicted molar refractivity (Wildman–Crippen MR) is 79.2 cm³/mol. The minimum absolute atomic E-state index is 0.840. The van der Waals surface area contributed by atoms with E-state index in [0.29, 0.717) is 0 Å². The zero-order valence-corrected chi connectivity index (χ0v) is 11.9. The lowest BCUT2D eigenvalue weighted by Crippen LogP contribution is -2.28. The van der Waals surface area contributed by atoms with Crippen LogP contribution in [0.5, 0.6) is 0 Å². The number of para-hydroxylation sites is 2. The number of nitrogens with one attached hydrogen (secondary N) is 1. The Morgan fingerprint density at radius 1 is 1.21 bits per heavy atom. The average Bonchev–Trinajstić information content (AvgIpc) is 2.73. The third kappa shape index (κ3) is 2.98. The van der Waals surface area contributed by atoms with Crippen molar-refractivity contribution in [3.63, 3.8) is 0 Å². The molecule has 19 heavy (non-hydrogen) atoms. The van der Waals surface area contributed by atoms with Crippen LogP contribution in [0.1, 0.15) is 25.1 Å². The fraction of sp³-hybridized carbons (Fsp3) is 0.562. The molecule has 3 nitrogen and oxygen atoms in total. The van der Waals surface area contributed by atoms with Crippen LogP contribution >= 0.6 is 0 Å². The molecule has 1 aromatic heterocycles. The largest absolute Gasteiger partial charge is 0.342 e. The first kappa shape index (κ1) is 12.7. The van der Waals surface area contributed by atoms with Crippen molar-refractivity contribution in [3.05, 3.63) is 30.1 Å². The van der Waals surface area contributed by atoms with Gasteiger partial charge in [0.2, 0.25) is 0 Å². The van der Waals surface area contributed by atoms with Crippen LogP contribution in [0.2, 0.25) is 0 Å². The summed E-state index contributed by atoms with van der Waals surface area (Å²) in [6.07, 6.45) is 5.23. The van der Waals surface area contributed by atoms with E-state index in [1.54, 1.807) is 0 Å². The molecule has 1 aliphatic rings. The second kappa shape index (κ2) is 5.33. The van der Waals surface area contributed by atoms with Gasteiger partial charge in [-0.2, -0.15) is 0 Å². The van der Waals surface area contributed by atoms with Gasteiger partial charge in [-0.1, -0.05) is 12.1 Å². The highest BCUT2D eigenvalue weighted by molar-refractivity contribution is 5.74. The average molecular weight is 257 g/mol. The molecule has 0 spiro atoms. The van der Waals surface area contributed by atoms with Crippen molar-refractivity contribution in [2.45, 2.75) is 25.7 Å². The highest BCUT2D eigenvalue weighted by Crippen LogP contribution is 2.38. The molecule has 1 fully saturated rings. The van der Waals surface area contributed by atoms with Gasteiger partial charge in [0, 0.05) is 6.42 Å². The van der Waals surface area contributed by atoms with Crippen LogP contribution in [-0.4, -0.2) is 35.5 Å². The van der Waals surface area contributed by atoms with Gasteiger partial charge >= 0.3 is 0 Å². The normalized spacial score (nSPS) is 22.9. The summed E-state index contributed by atoms with van der Waals surface area (Å²) in [6.45, 7) is 1.22. The summed E-state index contributed by atoms with van der Waals surface area (Å²) in [6, 6.07) is 8.29. The number of rotatable bonds is 5. The molecular weight excluding hydrogens is 234 g/mol. The Labute approximate surface area is 115 Å². The van der Waals surface area contributed by atoms with E-state index in [1.807, 2.05) is 6.07 Å². The van der Waals surface area contributed by atoms with Gasteiger partial charge in [0.25, 0.3) is 0 Å².